The maximum absolute atomic E-state index is 6.19. The summed E-state index contributed by atoms with van der Waals surface area (Å²) in [4.78, 5) is 0. The van der Waals surface area contributed by atoms with Crippen molar-refractivity contribution >= 4 is 0 Å². The van der Waals surface area contributed by atoms with Crippen molar-refractivity contribution in [2.75, 3.05) is 0 Å². The third kappa shape index (κ3) is 1.83. The molecule has 0 aromatic carbocycles. The van der Waals surface area contributed by atoms with Gasteiger partial charge in [0.1, 0.15) is 0 Å². The predicted molar refractivity (Wildman–Crippen MR) is 70.9 cm³/mol. The van der Waals surface area contributed by atoms with Crippen molar-refractivity contribution in [1.82, 2.24) is 4.57 Å². The maximum atomic E-state index is 6.19. The molecule has 1 fully saturated rings. The summed E-state index contributed by atoms with van der Waals surface area (Å²) in [6.07, 6.45) is 11.5. The van der Waals surface area contributed by atoms with Crippen molar-refractivity contribution in [2.24, 2.45) is 11.1 Å². The molecule has 0 aliphatic heterocycles. The zero-order valence-corrected chi connectivity index (χ0v) is 10.9. The molecule has 17 heavy (non-hydrogen) atoms. The fourth-order valence-corrected chi connectivity index (χ4v) is 3.60. The van der Waals surface area contributed by atoms with Gasteiger partial charge in [0.25, 0.3) is 0 Å². The van der Waals surface area contributed by atoms with Gasteiger partial charge in [0.2, 0.25) is 0 Å². The standard InChI is InChI=1S/C15H24N2/c1-2-15(8-4-9-15)11-17-10-7-12-13(16)5-3-6-14(12)17/h7,10,13H,2-6,8-9,11,16H2,1H3. The molecule has 1 aromatic rings. The molecule has 0 saturated heterocycles. The van der Waals surface area contributed by atoms with Crippen LogP contribution in [0.5, 0.6) is 0 Å². The first-order valence-corrected chi connectivity index (χ1v) is 7.18. The highest BCUT2D eigenvalue weighted by atomic mass is 15.0. The van der Waals surface area contributed by atoms with E-state index in [0.29, 0.717) is 11.5 Å². The molecule has 1 aromatic heterocycles. The Morgan fingerprint density at radius 3 is 2.88 bits per heavy atom. The lowest BCUT2D eigenvalue weighted by Crippen LogP contribution is -2.34. The van der Waals surface area contributed by atoms with E-state index in [1.165, 1.54) is 56.3 Å². The summed E-state index contributed by atoms with van der Waals surface area (Å²) in [7, 11) is 0. The van der Waals surface area contributed by atoms with Crippen LogP contribution in [0.2, 0.25) is 0 Å². The molecular formula is C15H24N2. The van der Waals surface area contributed by atoms with Gasteiger partial charge in [0, 0.05) is 24.5 Å². The van der Waals surface area contributed by atoms with Crippen LogP contribution < -0.4 is 5.73 Å². The van der Waals surface area contributed by atoms with E-state index in [2.05, 4.69) is 23.8 Å². The first-order valence-electron chi connectivity index (χ1n) is 7.18. The fraction of sp³-hybridized carbons (Fsp3) is 0.733. The molecule has 1 unspecified atom stereocenters. The van der Waals surface area contributed by atoms with Crippen LogP contribution in [0, 0.1) is 5.41 Å². The zero-order chi connectivity index (χ0) is 11.9. The summed E-state index contributed by atoms with van der Waals surface area (Å²) in [5, 5.41) is 0. The van der Waals surface area contributed by atoms with Crippen LogP contribution in [0.15, 0.2) is 12.3 Å². The number of aromatic nitrogens is 1. The fourth-order valence-electron chi connectivity index (χ4n) is 3.60. The summed E-state index contributed by atoms with van der Waals surface area (Å²) < 4.78 is 2.51. The van der Waals surface area contributed by atoms with Gasteiger partial charge in [0.05, 0.1) is 0 Å². The van der Waals surface area contributed by atoms with Crippen LogP contribution in [0.1, 0.15) is 62.7 Å². The number of nitrogens with zero attached hydrogens (tertiary/aromatic N) is 1. The second kappa shape index (κ2) is 4.16. The van der Waals surface area contributed by atoms with Gasteiger partial charge in [-0.2, -0.15) is 0 Å². The quantitative estimate of drug-likeness (QED) is 0.850. The van der Waals surface area contributed by atoms with Gasteiger partial charge < -0.3 is 10.3 Å². The third-order valence-electron chi connectivity index (χ3n) is 5.11. The minimum atomic E-state index is 0.291. The second-order valence-corrected chi connectivity index (χ2v) is 6.05. The summed E-state index contributed by atoms with van der Waals surface area (Å²) in [6, 6.07) is 2.56. The van der Waals surface area contributed by atoms with E-state index in [0.717, 1.165) is 6.42 Å². The Labute approximate surface area is 104 Å². The average molecular weight is 232 g/mol. The number of hydrogen-bond donors (Lipinski definition) is 1. The van der Waals surface area contributed by atoms with Crippen molar-refractivity contribution in [3.05, 3.63) is 23.5 Å². The Bertz CT molecular complexity index is 396. The summed E-state index contributed by atoms with van der Waals surface area (Å²) in [5.41, 5.74) is 9.74. The van der Waals surface area contributed by atoms with E-state index in [1.54, 1.807) is 0 Å². The lowest BCUT2D eigenvalue weighted by molar-refractivity contribution is 0.0991. The first-order chi connectivity index (χ1) is 8.24. The van der Waals surface area contributed by atoms with E-state index < -0.39 is 0 Å². The lowest BCUT2D eigenvalue weighted by atomic mass is 9.67. The minimum absolute atomic E-state index is 0.291. The van der Waals surface area contributed by atoms with Crippen molar-refractivity contribution in [1.29, 1.82) is 0 Å². The van der Waals surface area contributed by atoms with Gasteiger partial charge in [-0.1, -0.05) is 13.3 Å². The van der Waals surface area contributed by atoms with Crippen molar-refractivity contribution in [2.45, 2.75) is 64.5 Å². The average Bonchev–Trinajstić information content (AvgIpc) is 2.68. The molecule has 1 atom stereocenters. The summed E-state index contributed by atoms with van der Waals surface area (Å²) in [5.74, 6) is 0. The molecule has 1 heterocycles. The van der Waals surface area contributed by atoms with Gasteiger partial charge in [0.15, 0.2) is 0 Å². The maximum Gasteiger partial charge on any atom is 0.0312 e. The minimum Gasteiger partial charge on any atom is -0.351 e. The van der Waals surface area contributed by atoms with Crippen LogP contribution in [0.4, 0.5) is 0 Å². The van der Waals surface area contributed by atoms with Crippen LogP contribution in [-0.4, -0.2) is 4.57 Å². The van der Waals surface area contributed by atoms with Crippen LogP contribution in [0.25, 0.3) is 0 Å². The van der Waals surface area contributed by atoms with E-state index in [4.69, 9.17) is 5.73 Å². The molecule has 2 nitrogen and oxygen atoms in total. The number of fused-ring (bicyclic) bond motifs is 1. The van der Waals surface area contributed by atoms with E-state index in [1.807, 2.05) is 0 Å². The normalized spacial score (nSPS) is 26.4. The SMILES string of the molecule is CCC1(Cn2ccc3c2CCCC3N)CCC1. The number of nitrogens with two attached hydrogens (primary N) is 1. The van der Waals surface area contributed by atoms with Crippen LogP contribution in [0.3, 0.4) is 0 Å². The van der Waals surface area contributed by atoms with Gasteiger partial charge in [-0.05, 0) is 55.6 Å². The highest BCUT2D eigenvalue weighted by Crippen LogP contribution is 2.46. The first kappa shape index (κ1) is 11.3. The number of hydrogen-bond acceptors (Lipinski definition) is 1. The Hall–Kier alpha value is -0.760. The predicted octanol–water partition coefficient (Wildman–Crippen LogP) is 3.40. The van der Waals surface area contributed by atoms with Gasteiger partial charge in [-0.15, -0.1) is 0 Å². The van der Waals surface area contributed by atoms with Crippen molar-refractivity contribution in [3.63, 3.8) is 0 Å². The van der Waals surface area contributed by atoms with E-state index in [-0.39, 0.29) is 0 Å². The second-order valence-electron chi connectivity index (χ2n) is 6.05. The van der Waals surface area contributed by atoms with Crippen molar-refractivity contribution < 1.29 is 0 Å². The molecular weight excluding hydrogens is 208 g/mol. The highest BCUT2D eigenvalue weighted by molar-refractivity contribution is 5.28. The Kier molecular flexibility index (Phi) is 2.78. The molecule has 2 N–H and O–H groups in total. The summed E-state index contributed by atoms with van der Waals surface area (Å²) in [6.45, 7) is 3.58. The largest absolute Gasteiger partial charge is 0.351 e. The molecule has 2 aliphatic carbocycles. The van der Waals surface area contributed by atoms with Gasteiger partial charge in [-0.25, -0.2) is 0 Å². The van der Waals surface area contributed by atoms with Crippen molar-refractivity contribution in [3.8, 4) is 0 Å². The molecule has 0 amide bonds. The number of rotatable bonds is 3. The summed E-state index contributed by atoms with van der Waals surface area (Å²) >= 11 is 0. The highest BCUT2D eigenvalue weighted by Gasteiger charge is 2.36. The molecule has 0 spiro atoms. The molecule has 2 heteroatoms. The smallest absolute Gasteiger partial charge is 0.0312 e. The Balaban J connectivity index is 1.84. The molecule has 1 saturated carbocycles. The molecule has 2 aliphatic rings. The molecule has 0 radical (unpaired) electrons. The molecule has 0 bridgehead atoms. The van der Waals surface area contributed by atoms with Gasteiger partial charge in [-0.3, -0.25) is 0 Å². The Morgan fingerprint density at radius 1 is 1.41 bits per heavy atom. The van der Waals surface area contributed by atoms with Crippen LogP contribution in [-0.2, 0) is 13.0 Å². The topological polar surface area (TPSA) is 30.9 Å². The molecule has 94 valence electrons. The third-order valence-corrected chi connectivity index (χ3v) is 5.11. The monoisotopic (exact) mass is 232 g/mol. The lowest BCUT2D eigenvalue weighted by Gasteiger charge is -2.42. The zero-order valence-electron chi connectivity index (χ0n) is 10.9. The van der Waals surface area contributed by atoms with Crippen LogP contribution >= 0.6 is 0 Å². The molecule has 3 rings (SSSR count). The Morgan fingerprint density at radius 2 is 2.24 bits per heavy atom. The van der Waals surface area contributed by atoms with E-state index in [9.17, 15) is 0 Å². The van der Waals surface area contributed by atoms with E-state index >= 15 is 0 Å². The van der Waals surface area contributed by atoms with Gasteiger partial charge >= 0.3 is 0 Å².